The van der Waals surface area contributed by atoms with E-state index in [1.54, 1.807) is 0 Å². The number of aryl methyl sites for hydroxylation is 1. The van der Waals surface area contributed by atoms with Gasteiger partial charge in [-0.05, 0) is 98.9 Å². The quantitative estimate of drug-likeness (QED) is 0.539. The zero-order valence-electron chi connectivity index (χ0n) is 22.4. The predicted molar refractivity (Wildman–Crippen MR) is 138 cm³/mol. The van der Waals surface area contributed by atoms with E-state index < -0.39 is 5.41 Å². The Morgan fingerprint density at radius 1 is 1.19 bits per heavy atom. The first-order valence-corrected chi connectivity index (χ1v) is 13.8. The highest BCUT2D eigenvalue weighted by Crippen LogP contribution is 2.47. The summed E-state index contributed by atoms with van der Waals surface area (Å²) in [6, 6.07) is 2.38. The van der Waals surface area contributed by atoms with Gasteiger partial charge in [0.15, 0.2) is 17.3 Å². The third kappa shape index (κ3) is 4.94. The Morgan fingerprint density at radius 3 is 2.78 bits per heavy atom. The summed E-state index contributed by atoms with van der Waals surface area (Å²) in [7, 11) is 6.34. The molecule has 36 heavy (non-hydrogen) atoms. The number of hydrogen-bond acceptors (Lipinski definition) is 8. The summed E-state index contributed by atoms with van der Waals surface area (Å²) in [6.07, 6.45) is 10.4. The molecule has 2 aromatic heterocycles. The number of Topliss-reactive ketones (excluding diaryl/α,β-unsaturated/α-hetero) is 1. The number of nitrogens with zero attached hydrogens (tertiary/aromatic N) is 5. The lowest BCUT2D eigenvalue weighted by atomic mass is 9.64. The Morgan fingerprint density at radius 2 is 2.03 bits per heavy atom. The molecule has 0 unspecified atom stereocenters. The van der Waals surface area contributed by atoms with Crippen LogP contribution < -0.4 is 4.74 Å². The Balaban J connectivity index is 1.47. The molecule has 0 amide bonds. The van der Waals surface area contributed by atoms with Crippen molar-refractivity contribution in [3.8, 4) is 17.4 Å². The molecule has 5 rings (SSSR count). The number of carbonyl (C=O) groups excluding carboxylic acids is 1. The third-order valence-corrected chi connectivity index (χ3v) is 8.48. The van der Waals surface area contributed by atoms with Crippen LogP contribution in [0.4, 0.5) is 0 Å². The maximum atomic E-state index is 13.1. The summed E-state index contributed by atoms with van der Waals surface area (Å²) >= 11 is 0. The first-order valence-electron chi connectivity index (χ1n) is 13.8. The van der Waals surface area contributed by atoms with Crippen molar-refractivity contribution in [1.29, 1.82) is 0 Å². The number of aromatic nitrogens is 3. The van der Waals surface area contributed by atoms with Gasteiger partial charge in [0.05, 0.1) is 5.41 Å². The monoisotopic (exact) mass is 495 g/mol. The van der Waals surface area contributed by atoms with E-state index in [0.29, 0.717) is 35.6 Å². The fourth-order valence-corrected chi connectivity index (χ4v) is 6.51. The molecule has 0 bridgehead atoms. The van der Waals surface area contributed by atoms with E-state index in [1.807, 2.05) is 6.07 Å². The minimum Gasteiger partial charge on any atom is -0.473 e. The van der Waals surface area contributed by atoms with Gasteiger partial charge in [-0.15, -0.1) is 0 Å². The Hall–Kier alpha value is -2.32. The smallest absolute Gasteiger partial charge is 0.217 e. The standard InChI is InChI=1S/C28H41N5O3/c1-19(22-12-9-17-33(22)4)35-24-18-20(10-8-16-32(2)3)29-27(30-24)25-21-11-7-15-28(26(21)36-31-25)14-6-5-13-23(28)34/h18-19,22H,5-17H2,1-4H3/t19-,22-,28+/m0/s1. The van der Waals surface area contributed by atoms with Gasteiger partial charge in [0.25, 0.3) is 0 Å². The lowest BCUT2D eigenvalue weighted by Crippen LogP contribution is -2.41. The zero-order chi connectivity index (χ0) is 25.3. The molecule has 1 spiro atoms. The normalized spacial score (nSPS) is 25.5. The zero-order valence-corrected chi connectivity index (χ0v) is 22.4. The van der Waals surface area contributed by atoms with Gasteiger partial charge in [0, 0.05) is 29.8 Å². The van der Waals surface area contributed by atoms with E-state index in [-0.39, 0.29) is 6.10 Å². The second-order valence-corrected chi connectivity index (χ2v) is 11.3. The Kier molecular flexibility index (Phi) is 7.45. The van der Waals surface area contributed by atoms with Crippen molar-refractivity contribution >= 4 is 5.78 Å². The molecule has 1 aliphatic heterocycles. The molecule has 3 atom stereocenters. The molecule has 0 radical (unpaired) electrons. The summed E-state index contributed by atoms with van der Waals surface area (Å²) in [5.41, 5.74) is 2.17. The molecule has 0 N–H and O–H groups in total. The summed E-state index contributed by atoms with van der Waals surface area (Å²) < 4.78 is 12.4. The predicted octanol–water partition coefficient (Wildman–Crippen LogP) is 4.20. The van der Waals surface area contributed by atoms with E-state index >= 15 is 0 Å². The first-order chi connectivity index (χ1) is 17.4. The molecule has 2 aliphatic carbocycles. The SMILES string of the molecule is C[C@H](Oc1cc(CCCN(C)C)nc(-c2noc3c2CCC[C@@]32CCCCC2=O)n1)[C@@H]1CCCN1C. The van der Waals surface area contributed by atoms with Gasteiger partial charge >= 0.3 is 0 Å². The molecule has 1 saturated heterocycles. The van der Waals surface area contributed by atoms with Crippen LogP contribution in [0, 0.1) is 0 Å². The maximum Gasteiger partial charge on any atom is 0.217 e. The number of fused-ring (bicyclic) bond motifs is 2. The number of hydrogen-bond donors (Lipinski definition) is 0. The first kappa shape index (κ1) is 25.3. The molecular weight excluding hydrogens is 454 g/mol. The topological polar surface area (TPSA) is 84.6 Å². The van der Waals surface area contributed by atoms with Gasteiger partial charge in [0.2, 0.25) is 5.88 Å². The van der Waals surface area contributed by atoms with Crippen LogP contribution in [0.25, 0.3) is 11.5 Å². The van der Waals surface area contributed by atoms with Crippen molar-refractivity contribution in [3.05, 3.63) is 23.1 Å². The van der Waals surface area contributed by atoms with Crippen LogP contribution >= 0.6 is 0 Å². The highest BCUT2D eigenvalue weighted by atomic mass is 16.5. The van der Waals surface area contributed by atoms with Gasteiger partial charge < -0.3 is 14.2 Å². The van der Waals surface area contributed by atoms with Crippen molar-refractivity contribution in [1.82, 2.24) is 24.9 Å². The fraction of sp³-hybridized carbons (Fsp3) is 0.714. The van der Waals surface area contributed by atoms with E-state index in [4.69, 9.17) is 19.2 Å². The van der Waals surface area contributed by atoms with Crippen LogP contribution in [0.5, 0.6) is 5.88 Å². The van der Waals surface area contributed by atoms with Crippen molar-refractivity contribution in [2.75, 3.05) is 34.2 Å². The Labute approximate surface area is 214 Å². The number of likely N-dealkylation sites (tertiary alicyclic amines) is 1. The molecule has 0 aromatic carbocycles. The molecule has 2 aromatic rings. The van der Waals surface area contributed by atoms with Gasteiger partial charge in [-0.25, -0.2) is 4.98 Å². The second kappa shape index (κ2) is 10.6. The molecule has 1 saturated carbocycles. The second-order valence-electron chi connectivity index (χ2n) is 11.3. The maximum absolute atomic E-state index is 13.1. The van der Waals surface area contributed by atoms with Crippen molar-refractivity contribution in [2.45, 2.75) is 95.1 Å². The molecule has 2 fully saturated rings. The van der Waals surface area contributed by atoms with Gasteiger partial charge in [-0.2, -0.15) is 4.98 Å². The van der Waals surface area contributed by atoms with E-state index in [9.17, 15) is 4.79 Å². The Bertz CT molecular complexity index is 1080. The fourth-order valence-electron chi connectivity index (χ4n) is 6.51. The van der Waals surface area contributed by atoms with Crippen LogP contribution in [-0.4, -0.2) is 77.1 Å². The third-order valence-electron chi connectivity index (χ3n) is 8.48. The van der Waals surface area contributed by atoms with Crippen LogP contribution in [0.2, 0.25) is 0 Å². The van der Waals surface area contributed by atoms with Crippen molar-refractivity contribution in [2.24, 2.45) is 0 Å². The van der Waals surface area contributed by atoms with Crippen LogP contribution in [-0.2, 0) is 23.1 Å². The molecule has 196 valence electrons. The molecule has 3 aliphatic rings. The van der Waals surface area contributed by atoms with Crippen LogP contribution in [0.3, 0.4) is 0 Å². The summed E-state index contributed by atoms with van der Waals surface area (Å²) in [4.78, 5) is 27.4. The molecular formula is C28H41N5O3. The van der Waals surface area contributed by atoms with Gasteiger partial charge in [-0.3, -0.25) is 9.69 Å². The number of likely N-dealkylation sites (N-methyl/N-ethyl adjacent to an activating group) is 1. The van der Waals surface area contributed by atoms with Crippen molar-refractivity contribution < 1.29 is 14.1 Å². The summed E-state index contributed by atoms with van der Waals surface area (Å²) in [6.45, 7) is 4.23. The minimum atomic E-state index is -0.499. The summed E-state index contributed by atoms with van der Waals surface area (Å²) in [5.74, 6) is 2.25. The lowest BCUT2D eigenvalue weighted by molar-refractivity contribution is -0.128. The average Bonchev–Trinajstić information content (AvgIpc) is 3.48. The largest absolute Gasteiger partial charge is 0.473 e. The van der Waals surface area contributed by atoms with Gasteiger partial charge in [-0.1, -0.05) is 11.6 Å². The number of ketones is 1. The highest BCUT2D eigenvalue weighted by molar-refractivity contribution is 5.91. The van der Waals surface area contributed by atoms with Crippen LogP contribution in [0.15, 0.2) is 10.6 Å². The number of ether oxygens (including phenoxy) is 1. The number of carbonyl (C=O) groups is 1. The molecule has 8 nitrogen and oxygen atoms in total. The van der Waals surface area contributed by atoms with E-state index in [1.165, 1.54) is 6.42 Å². The molecule has 8 heteroatoms. The summed E-state index contributed by atoms with van der Waals surface area (Å²) in [5, 5.41) is 4.49. The van der Waals surface area contributed by atoms with Gasteiger partial charge in [0.1, 0.15) is 11.9 Å². The van der Waals surface area contributed by atoms with E-state index in [0.717, 1.165) is 87.9 Å². The van der Waals surface area contributed by atoms with E-state index in [2.05, 4.69) is 43.0 Å². The minimum absolute atomic E-state index is 0.0317. The number of rotatable bonds is 8. The molecule has 3 heterocycles. The van der Waals surface area contributed by atoms with Crippen LogP contribution in [0.1, 0.15) is 81.7 Å². The van der Waals surface area contributed by atoms with Crippen molar-refractivity contribution in [3.63, 3.8) is 0 Å². The lowest BCUT2D eigenvalue weighted by Gasteiger charge is -2.36. The average molecular weight is 496 g/mol. The highest BCUT2D eigenvalue weighted by Gasteiger charge is 2.48.